The molecule has 0 fully saturated rings. The van der Waals surface area contributed by atoms with Crippen molar-refractivity contribution in [3.63, 3.8) is 0 Å². The van der Waals surface area contributed by atoms with Crippen LogP contribution >= 0.6 is 0 Å². The minimum absolute atomic E-state index is 0.255. The summed E-state index contributed by atoms with van der Waals surface area (Å²) < 4.78 is 95.2. The van der Waals surface area contributed by atoms with Crippen molar-refractivity contribution >= 4 is 21.8 Å². The third-order valence-electron chi connectivity index (χ3n) is 7.96. The van der Waals surface area contributed by atoms with Crippen LogP contribution in [-0.4, -0.2) is 47.8 Å². The Bertz CT molecular complexity index is 1650. The molecule has 6 rings (SSSR count). The van der Waals surface area contributed by atoms with Crippen LogP contribution in [0.2, 0.25) is 0 Å². The number of halogens is 2. The number of nitrogens with zero attached hydrogens (tertiary/aromatic N) is 2. The van der Waals surface area contributed by atoms with Crippen LogP contribution in [0.15, 0.2) is 48.5 Å². The lowest BCUT2D eigenvalue weighted by Gasteiger charge is -2.23. The normalized spacial score (nSPS) is 16.8. The van der Waals surface area contributed by atoms with Crippen molar-refractivity contribution in [2.75, 3.05) is 14.2 Å². The average Bonchev–Trinajstić information content (AvgIpc) is 3.63. The predicted molar refractivity (Wildman–Crippen MR) is 152 cm³/mol. The summed E-state index contributed by atoms with van der Waals surface area (Å²) >= 11 is 0. The maximum Gasteiger partial charge on any atom is 0.375 e. The van der Waals surface area contributed by atoms with Gasteiger partial charge < -0.3 is 29.2 Å². The van der Waals surface area contributed by atoms with Crippen LogP contribution in [0, 0.1) is 20.5 Å². The summed E-state index contributed by atoms with van der Waals surface area (Å²) in [6, 6.07) is 16.2. The molecule has 0 saturated heterocycles. The first-order chi connectivity index (χ1) is 22.9. The van der Waals surface area contributed by atoms with Crippen LogP contribution in [0.25, 0.3) is 21.8 Å². The molecule has 0 radical (unpaired) electrons. The Morgan fingerprint density at radius 2 is 0.900 bits per heavy atom. The molecular formula is C32H40Cl2N2O14. The van der Waals surface area contributed by atoms with Crippen molar-refractivity contribution in [2.24, 2.45) is 14.1 Å². The third-order valence-corrected chi connectivity index (χ3v) is 7.96. The van der Waals surface area contributed by atoms with Crippen LogP contribution in [0.3, 0.4) is 0 Å². The quantitative estimate of drug-likeness (QED) is 0.184. The number of benzene rings is 2. The molecule has 0 bridgehead atoms. The Kier molecular flexibility index (Phi) is 12.7. The van der Waals surface area contributed by atoms with E-state index >= 15 is 0 Å². The van der Waals surface area contributed by atoms with E-state index < -0.39 is 31.7 Å². The van der Waals surface area contributed by atoms with Crippen molar-refractivity contribution in [1.29, 1.82) is 0 Å². The van der Waals surface area contributed by atoms with Gasteiger partial charge in [0.05, 0.1) is 36.2 Å². The lowest BCUT2D eigenvalue weighted by molar-refractivity contribution is -2.00. The van der Waals surface area contributed by atoms with Gasteiger partial charge in [-0.15, -0.1) is 20.5 Å². The first-order valence-corrected chi connectivity index (χ1v) is 17.3. The summed E-state index contributed by atoms with van der Waals surface area (Å²) in [5, 5.41) is 22.5. The van der Waals surface area contributed by atoms with Crippen molar-refractivity contribution < 1.29 is 96.1 Å². The molecule has 2 N–H and O–H groups in total. The first kappa shape index (κ1) is 41.1. The summed E-state index contributed by atoms with van der Waals surface area (Å²) in [4.78, 5) is 0. The number of para-hydroxylation sites is 2. The standard InChI is InChI=1S/2C16H20NO3.2ClHO4/c2*1-16(2,18)13-9-11-14(19-4)10-7-5-6-8-12(10)17(3)15(11)20-13;2*2-1(3,4)5/h2*5-8,13,18H,9H2,1-4H3;2*(H,2,3,4,5)/q2*+1;;/p-2/t2*13-;;/m00../s1. The van der Waals surface area contributed by atoms with E-state index in [2.05, 4.69) is 0 Å². The summed E-state index contributed by atoms with van der Waals surface area (Å²) in [6.07, 6.45) is 0.797. The van der Waals surface area contributed by atoms with Gasteiger partial charge in [0, 0.05) is 25.0 Å². The second-order valence-electron chi connectivity index (χ2n) is 12.5. The number of rotatable bonds is 4. The smallest absolute Gasteiger partial charge is 0.375 e. The van der Waals surface area contributed by atoms with Gasteiger partial charge in [0.2, 0.25) is 11.0 Å². The molecule has 16 nitrogen and oxygen atoms in total. The second-order valence-corrected chi connectivity index (χ2v) is 14.0. The minimum atomic E-state index is -4.94. The number of hydrogen-bond acceptors (Lipinski definition) is 14. The molecule has 4 heterocycles. The monoisotopic (exact) mass is 746 g/mol. The molecule has 0 aliphatic carbocycles. The number of hydrogen-bond donors (Lipinski definition) is 2. The topological polar surface area (TPSA) is 270 Å². The molecular weight excluding hydrogens is 707 g/mol. The fourth-order valence-corrected chi connectivity index (χ4v) is 5.70. The van der Waals surface area contributed by atoms with Gasteiger partial charge in [0.15, 0.2) is 0 Å². The Morgan fingerprint density at radius 1 is 0.620 bits per heavy atom. The van der Waals surface area contributed by atoms with E-state index in [4.69, 9.17) is 56.2 Å². The molecule has 276 valence electrons. The highest BCUT2D eigenvalue weighted by Crippen LogP contribution is 2.41. The van der Waals surface area contributed by atoms with Gasteiger partial charge in [-0.3, -0.25) is 0 Å². The molecule has 0 amide bonds. The van der Waals surface area contributed by atoms with E-state index in [1.165, 1.54) is 0 Å². The molecule has 4 aromatic rings. The average molecular weight is 748 g/mol. The predicted octanol–water partition coefficient (Wildman–Crippen LogP) is -6.02. The van der Waals surface area contributed by atoms with E-state index in [0.717, 1.165) is 56.2 Å². The molecule has 2 aliphatic heterocycles. The number of aliphatic hydroxyl groups is 2. The maximum atomic E-state index is 10.2. The maximum absolute atomic E-state index is 10.2. The molecule has 0 spiro atoms. The van der Waals surface area contributed by atoms with Crippen LogP contribution in [-0.2, 0) is 26.9 Å². The number of methoxy groups -OCH3 is 2. The largest absolute Gasteiger partial charge is 0.495 e. The Hall–Kier alpha value is -3.36. The van der Waals surface area contributed by atoms with Gasteiger partial charge >= 0.3 is 11.8 Å². The van der Waals surface area contributed by atoms with E-state index in [1.54, 1.807) is 41.9 Å². The molecule has 2 aliphatic rings. The minimum Gasteiger partial charge on any atom is -0.495 e. The van der Waals surface area contributed by atoms with Gasteiger partial charge in [0.1, 0.15) is 48.9 Å². The van der Waals surface area contributed by atoms with Crippen molar-refractivity contribution in [3.8, 4) is 23.3 Å². The Morgan fingerprint density at radius 3 is 1.16 bits per heavy atom. The zero-order valence-electron chi connectivity index (χ0n) is 28.6. The Balaban J connectivity index is 0.000000214. The van der Waals surface area contributed by atoms with Crippen LogP contribution in [0.5, 0.6) is 23.3 Å². The number of ether oxygens (including phenoxy) is 4. The summed E-state index contributed by atoms with van der Waals surface area (Å²) in [6.45, 7) is 7.09. The zero-order valence-corrected chi connectivity index (χ0v) is 30.1. The third kappa shape index (κ3) is 10.3. The van der Waals surface area contributed by atoms with Crippen molar-refractivity contribution in [1.82, 2.24) is 0 Å². The fraction of sp³-hybridized carbons (Fsp3) is 0.438. The SMILES string of the molecule is COc1c2c([n+](C)c3ccccc13)O[C@H](C(C)(C)O)C2.COc1c2c([n+](C)c3ccccc13)O[C@H](C(C)(C)O)C2.[O-][Cl+3]([O-])([O-])[O-].[O-][Cl+3]([O-])([O-])[O-]. The highest BCUT2D eigenvalue weighted by molar-refractivity contribution is 5.85. The van der Waals surface area contributed by atoms with Gasteiger partial charge in [-0.1, -0.05) is 24.3 Å². The lowest BCUT2D eigenvalue weighted by Crippen LogP contribution is -2.68. The highest BCUT2D eigenvalue weighted by Gasteiger charge is 2.43. The van der Waals surface area contributed by atoms with E-state index in [9.17, 15) is 10.2 Å². The van der Waals surface area contributed by atoms with Crippen LogP contribution in [0.1, 0.15) is 38.8 Å². The summed E-state index contributed by atoms with van der Waals surface area (Å²) in [5.74, 6) is 3.27. The molecule has 2 atom stereocenters. The van der Waals surface area contributed by atoms with Gasteiger partial charge in [-0.2, -0.15) is 9.13 Å². The highest BCUT2D eigenvalue weighted by atomic mass is 35.7. The van der Waals surface area contributed by atoms with Crippen LogP contribution < -0.4 is 65.4 Å². The van der Waals surface area contributed by atoms with E-state index in [-0.39, 0.29) is 12.2 Å². The fourth-order valence-electron chi connectivity index (χ4n) is 5.70. The van der Waals surface area contributed by atoms with E-state index in [0.29, 0.717) is 12.8 Å². The molecule has 50 heavy (non-hydrogen) atoms. The summed E-state index contributed by atoms with van der Waals surface area (Å²) in [7, 11) is -2.57. The zero-order chi connectivity index (χ0) is 38.0. The molecule has 2 aromatic carbocycles. The molecule has 18 heteroatoms. The molecule has 2 aromatic heterocycles. The van der Waals surface area contributed by atoms with E-state index in [1.807, 2.05) is 71.8 Å². The van der Waals surface area contributed by atoms with Crippen molar-refractivity contribution in [2.45, 2.75) is 63.9 Å². The molecule has 0 unspecified atom stereocenters. The number of fused-ring (bicyclic) bond motifs is 4. The van der Waals surface area contributed by atoms with Crippen LogP contribution in [0.4, 0.5) is 0 Å². The second kappa shape index (κ2) is 15.5. The van der Waals surface area contributed by atoms with Gasteiger partial charge in [-0.05, 0) is 39.8 Å². The molecule has 0 saturated carbocycles. The first-order valence-electron chi connectivity index (χ1n) is 14.8. The van der Waals surface area contributed by atoms with Crippen molar-refractivity contribution in [3.05, 3.63) is 59.7 Å². The lowest BCUT2D eigenvalue weighted by atomic mass is 9.96. The number of aryl methyl sites for hydroxylation is 2. The van der Waals surface area contributed by atoms with Gasteiger partial charge in [0.25, 0.3) is 0 Å². The Labute approximate surface area is 292 Å². The summed E-state index contributed by atoms with van der Waals surface area (Å²) in [5.41, 5.74) is 2.40. The van der Waals surface area contributed by atoms with Gasteiger partial charge in [-0.25, -0.2) is 37.3 Å². The number of aromatic nitrogens is 2. The number of pyridine rings is 2.